The van der Waals surface area contributed by atoms with Gasteiger partial charge in [0.05, 0.1) is 11.1 Å². The largest absolute Gasteiger partial charge is 0.389 e. The molecule has 1 rings (SSSR count). The van der Waals surface area contributed by atoms with Crippen LogP contribution in [0, 0.1) is 0 Å². The molecule has 1 N–H and O–H groups in total. The molecule has 72 valence electrons. The van der Waals surface area contributed by atoms with Crippen molar-refractivity contribution in [3.05, 3.63) is 28.8 Å². The molecule has 0 bridgehead atoms. The average molecular weight is 217 g/mol. The van der Waals surface area contributed by atoms with Crippen molar-refractivity contribution in [2.75, 3.05) is 5.75 Å². The molecule has 0 heterocycles. The second kappa shape index (κ2) is 4.89. The molecular weight excluding hydrogens is 204 g/mol. The van der Waals surface area contributed by atoms with E-state index in [9.17, 15) is 5.11 Å². The van der Waals surface area contributed by atoms with Crippen molar-refractivity contribution < 1.29 is 5.11 Å². The summed E-state index contributed by atoms with van der Waals surface area (Å²) in [7, 11) is 0. The standard InChI is InChI=1S/C10H13ClOS/c1-3-13-10-5-4-8(7(2)12)6-9(10)11/h4-7,12H,3H2,1-2H3/t7-/m0/s1. The van der Waals surface area contributed by atoms with Crippen LogP contribution in [-0.2, 0) is 0 Å². The number of aliphatic hydroxyl groups excluding tert-OH is 1. The normalized spacial score (nSPS) is 12.9. The molecule has 0 amide bonds. The van der Waals surface area contributed by atoms with Crippen molar-refractivity contribution in [3.63, 3.8) is 0 Å². The summed E-state index contributed by atoms with van der Waals surface area (Å²) in [6.07, 6.45) is -0.446. The topological polar surface area (TPSA) is 20.2 Å². The third-order valence-electron chi connectivity index (χ3n) is 1.74. The van der Waals surface area contributed by atoms with Crippen molar-refractivity contribution in [1.82, 2.24) is 0 Å². The highest BCUT2D eigenvalue weighted by Gasteiger charge is 2.04. The maximum absolute atomic E-state index is 9.30. The first-order valence-corrected chi connectivity index (χ1v) is 5.61. The van der Waals surface area contributed by atoms with E-state index >= 15 is 0 Å². The van der Waals surface area contributed by atoms with Crippen LogP contribution in [0.25, 0.3) is 0 Å². The fourth-order valence-electron chi connectivity index (χ4n) is 1.05. The van der Waals surface area contributed by atoms with E-state index in [0.717, 1.165) is 21.2 Å². The maximum Gasteiger partial charge on any atom is 0.0762 e. The van der Waals surface area contributed by atoms with Gasteiger partial charge in [-0.2, -0.15) is 0 Å². The highest BCUT2D eigenvalue weighted by atomic mass is 35.5. The van der Waals surface area contributed by atoms with E-state index in [1.165, 1.54) is 0 Å². The van der Waals surface area contributed by atoms with E-state index in [0.29, 0.717) is 0 Å². The van der Waals surface area contributed by atoms with Crippen molar-refractivity contribution >= 4 is 23.4 Å². The average Bonchev–Trinajstić information content (AvgIpc) is 2.08. The summed E-state index contributed by atoms with van der Waals surface area (Å²) >= 11 is 7.73. The minimum Gasteiger partial charge on any atom is -0.389 e. The zero-order chi connectivity index (χ0) is 9.84. The Balaban J connectivity index is 2.92. The van der Waals surface area contributed by atoms with Gasteiger partial charge < -0.3 is 5.11 Å². The number of hydrogen-bond acceptors (Lipinski definition) is 2. The first-order valence-electron chi connectivity index (χ1n) is 4.25. The predicted molar refractivity (Wildman–Crippen MR) is 58.5 cm³/mol. The van der Waals surface area contributed by atoms with E-state index in [1.807, 2.05) is 18.2 Å². The summed E-state index contributed by atoms with van der Waals surface area (Å²) < 4.78 is 0. The molecule has 0 saturated carbocycles. The second-order valence-corrected chi connectivity index (χ2v) is 4.51. The summed E-state index contributed by atoms with van der Waals surface area (Å²) in [5, 5.41) is 10.0. The molecule has 1 atom stereocenters. The van der Waals surface area contributed by atoms with Gasteiger partial charge in [0, 0.05) is 4.90 Å². The van der Waals surface area contributed by atoms with Gasteiger partial charge in [-0.1, -0.05) is 24.6 Å². The zero-order valence-corrected chi connectivity index (χ0v) is 9.32. The molecule has 13 heavy (non-hydrogen) atoms. The third-order valence-corrected chi connectivity index (χ3v) is 3.12. The summed E-state index contributed by atoms with van der Waals surface area (Å²) in [6, 6.07) is 5.69. The van der Waals surface area contributed by atoms with E-state index in [1.54, 1.807) is 18.7 Å². The van der Waals surface area contributed by atoms with Crippen LogP contribution in [0.4, 0.5) is 0 Å². The van der Waals surface area contributed by atoms with Gasteiger partial charge >= 0.3 is 0 Å². The lowest BCUT2D eigenvalue weighted by Gasteiger charge is -2.07. The lowest BCUT2D eigenvalue weighted by Crippen LogP contribution is -1.90. The minimum atomic E-state index is -0.446. The van der Waals surface area contributed by atoms with Gasteiger partial charge in [-0.05, 0) is 30.4 Å². The number of benzene rings is 1. The molecule has 0 spiro atoms. The Labute approximate surface area is 88.1 Å². The van der Waals surface area contributed by atoms with Gasteiger partial charge in [0.1, 0.15) is 0 Å². The molecule has 0 aliphatic heterocycles. The highest BCUT2D eigenvalue weighted by Crippen LogP contribution is 2.29. The Morgan fingerprint density at radius 3 is 2.69 bits per heavy atom. The van der Waals surface area contributed by atoms with Crippen LogP contribution >= 0.6 is 23.4 Å². The summed E-state index contributed by atoms with van der Waals surface area (Å²) in [6.45, 7) is 3.82. The molecule has 0 aliphatic carbocycles. The van der Waals surface area contributed by atoms with Gasteiger partial charge in [0.2, 0.25) is 0 Å². The van der Waals surface area contributed by atoms with Gasteiger partial charge in [-0.25, -0.2) is 0 Å². The molecule has 0 saturated heterocycles. The monoisotopic (exact) mass is 216 g/mol. The van der Waals surface area contributed by atoms with Gasteiger partial charge in [-0.15, -0.1) is 11.8 Å². The third kappa shape index (κ3) is 2.90. The van der Waals surface area contributed by atoms with Crippen molar-refractivity contribution in [2.45, 2.75) is 24.8 Å². The SMILES string of the molecule is CCSc1ccc([C@H](C)O)cc1Cl. The Morgan fingerprint density at radius 2 is 2.23 bits per heavy atom. The molecule has 1 aromatic rings. The first-order chi connectivity index (χ1) is 6.15. The van der Waals surface area contributed by atoms with Crippen LogP contribution in [0.5, 0.6) is 0 Å². The molecule has 1 nitrogen and oxygen atoms in total. The Bertz CT molecular complexity index is 286. The summed E-state index contributed by atoms with van der Waals surface area (Å²) in [5.41, 5.74) is 0.866. The van der Waals surface area contributed by atoms with Crippen LogP contribution in [0.2, 0.25) is 5.02 Å². The molecule has 0 radical (unpaired) electrons. The highest BCUT2D eigenvalue weighted by molar-refractivity contribution is 7.99. The van der Waals surface area contributed by atoms with Crippen LogP contribution in [-0.4, -0.2) is 10.9 Å². The van der Waals surface area contributed by atoms with E-state index in [2.05, 4.69) is 6.92 Å². The smallest absolute Gasteiger partial charge is 0.0762 e. The fraction of sp³-hybridized carbons (Fsp3) is 0.400. The number of hydrogen-bond donors (Lipinski definition) is 1. The lowest BCUT2D eigenvalue weighted by molar-refractivity contribution is 0.199. The Kier molecular flexibility index (Phi) is 4.10. The minimum absolute atomic E-state index is 0.446. The van der Waals surface area contributed by atoms with Crippen molar-refractivity contribution in [3.8, 4) is 0 Å². The van der Waals surface area contributed by atoms with Gasteiger partial charge in [0.15, 0.2) is 0 Å². The summed E-state index contributed by atoms with van der Waals surface area (Å²) in [4.78, 5) is 1.08. The van der Waals surface area contributed by atoms with Crippen LogP contribution in [0.1, 0.15) is 25.5 Å². The number of aliphatic hydroxyl groups is 1. The zero-order valence-electron chi connectivity index (χ0n) is 7.75. The fourth-order valence-corrected chi connectivity index (χ4v) is 2.07. The van der Waals surface area contributed by atoms with Crippen molar-refractivity contribution in [2.24, 2.45) is 0 Å². The lowest BCUT2D eigenvalue weighted by atomic mass is 10.1. The molecule has 0 aliphatic rings. The van der Waals surface area contributed by atoms with Gasteiger partial charge in [-0.3, -0.25) is 0 Å². The maximum atomic E-state index is 9.30. The second-order valence-electron chi connectivity index (χ2n) is 2.80. The molecule has 0 unspecified atom stereocenters. The van der Waals surface area contributed by atoms with Crippen molar-refractivity contribution in [1.29, 1.82) is 0 Å². The van der Waals surface area contributed by atoms with Gasteiger partial charge in [0.25, 0.3) is 0 Å². The quantitative estimate of drug-likeness (QED) is 0.781. The summed E-state index contributed by atoms with van der Waals surface area (Å²) in [5.74, 6) is 1.01. The van der Waals surface area contributed by atoms with E-state index in [4.69, 9.17) is 11.6 Å². The number of halogens is 1. The predicted octanol–water partition coefficient (Wildman–Crippen LogP) is 3.51. The Morgan fingerprint density at radius 1 is 1.54 bits per heavy atom. The van der Waals surface area contributed by atoms with Crippen LogP contribution in [0.3, 0.4) is 0 Å². The van der Waals surface area contributed by atoms with Crippen LogP contribution < -0.4 is 0 Å². The molecule has 1 aromatic carbocycles. The van der Waals surface area contributed by atoms with E-state index in [-0.39, 0.29) is 0 Å². The molecular formula is C10H13ClOS. The van der Waals surface area contributed by atoms with E-state index < -0.39 is 6.10 Å². The number of rotatable bonds is 3. The number of thioether (sulfide) groups is 1. The molecule has 3 heteroatoms. The Hall–Kier alpha value is -0.180. The molecule has 0 fully saturated rings. The van der Waals surface area contributed by atoms with Crippen LogP contribution in [0.15, 0.2) is 23.1 Å². The first kappa shape index (κ1) is 10.9. The molecule has 0 aromatic heterocycles.